The van der Waals surface area contributed by atoms with Crippen LogP contribution in [0.5, 0.6) is 5.75 Å². The summed E-state index contributed by atoms with van der Waals surface area (Å²) in [5, 5.41) is 0. The molecule has 0 saturated carbocycles. The minimum absolute atomic E-state index is 0.232. The zero-order chi connectivity index (χ0) is 13.5. The molecule has 0 saturated heterocycles. The van der Waals surface area contributed by atoms with Gasteiger partial charge in [0.1, 0.15) is 5.75 Å². The molecule has 0 aliphatic heterocycles. The summed E-state index contributed by atoms with van der Waals surface area (Å²) in [5.41, 5.74) is 7.23. The lowest BCUT2D eigenvalue weighted by Crippen LogP contribution is -2.15. The normalized spacial score (nSPS) is 14.6. The molecule has 0 radical (unpaired) electrons. The Morgan fingerprint density at radius 3 is 2.11 bits per heavy atom. The van der Waals surface area contributed by atoms with Crippen LogP contribution < -0.4 is 10.5 Å². The first-order chi connectivity index (χ1) is 8.52. The number of nitrogens with two attached hydrogens (primary N) is 1. The average molecular weight is 249 g/mol. The van der Waals surface area contributed by atoms with Crippen LogP contribution in [-0.4, -0.2) is 12.1 Å². The molecule has 0 aliphatic carbocycles. The molecule has 0 bridgehead atoms. The van der Waals surface area contributed by atoms with Gasteiger partial charge < -0.3 is 10.5 Å². The van der Waals surface area contributed by atoms with Crippen molar-refractivity contribution in [2.75, 3.05) is 0 Å². The highest BCUT2D eigenvalue weighted by molar-refractivity contribution is 5.29. The van der Waals surface area contributed by atoms with E-state index in [2.05, 4.69) is 38.1 Å². The molecule has 102 valence electrons. The minimum atomic E-state index is 0.232. The summed E-state index contributed by atoms with van der Waals surface area (Å²) in [6.45, 7) is 8.41. The molecule has 1 rings (SSSR count). The van der Waals surface area contributed by atoms with Gasteiger partial charge in [-0.15, -0.1) is 0 Å². The summed E-state index contributed by atoms with van der Waals surface area (Å²) in [6, 6.07) is 8.82. The third-order valence-electron chi connectivity index (χ3n) is 3.19. The largest absolute Gasteiger partial charge is 0.491 e. The molecule has 0 fully saturated rings. The van der Waals surface area contributed by atoms with Crippen molar-refractivity contribution in [2.24, 2.45) is 5.73 Å². The van der Waals surface area contributed by atoms with Gasteiger partial charge in [0.15, 0.2) is 0 Å². The highest BCUT2D eigenvalue weighted by atomic mass is 16.5. The minimum Gasteiger partial charge on any atom is -0.491 e. The van der Waals surface area contributed by atoms with Crippen LogP contribution in [0.25, 0.3) is 0 Å². The predicted molar refractivity (Wildman–Crippen MR) is 78.1 cm³/mol. The lowest BCUT2D eigenvalue weighted by molar-refractivity contribution is 0.242. The molecule has 18 heavy (non-hydrogen) atoms. The third-order valence-corrected chi connectivity index (χ3v) is 3.19. The van der Waals surface area contributed by atoms with Gasteiger partial charge in [-0.2, -0.15) is 0 Å². The van der Waals surface area contributed by atoms with Crippen molar-refractivity contribution < 1.29 is 4.74 Å². The van der Waals surface area contributed by atoms with Gasteiger partial charge in [0.05, 0.1) is 6.10 Å². The van der Waals surface area contributed by atoms with E-state index < -0.39 is 0 Å². The van der Waals surface area contributed by atoms with E-state index in [9.17, 15) is 0 Å². The molecule has 0 amide bonds. The van der Waals surface area contributed by atoms with Crippen LogP contribution >= 0.6 is 0 Å². The summed E-state index contributed by atoms with van der Waals surface area (Å²) in [5.74, 6) is 1.57. The highest BCUT2D eigenvalue weighted by Gasteiger charge is 2.10. The summed E-state index contributed by atoms with van der Waals surface area (Å²) in [4.78, 5) is 0. The first-order valence-electron chi connectivity index (χ1n) is 7.05. The molecular weight excluding hydrogens is 222 g/mol. The number of rotatable bonds is 7. The fraction of sp³-hybridized carbons (Fsp3) is 0.625. The number of ether oxygens (including phenoxy) is 1. The molecule has 1 aromatic rings. The van der Waals surface area contributed by atoms with Crippen molar-refractivity contribution in [3.8, 4) is 5.75 Å². The second kappa shape index (κ2) is 7.42. The maximum Gasteiger partial charge on any atom is 0.119 e. The van der Waals surface area contributed by atoms with E-state index in [1.165, 1.54) is 12.0 Å². The molecule has 0 heterocycles. The average Bonchev–Trinajstić information content (AvgIpc) is 2.31. The monoisotopic (exact) mass is 249 g/mol. The van der Waals surface area contributed by atoms with Crippen molar-refractivity contribution in [1.29, 1.82) is 0 Å². The number of benzene rings is 1. The van der Waals surface area contributed by atoms with E-state index in [4.69, 9.17) is 10.5 Å². The second-order valence-electron chi connectivity index (χ2n) is 5.40. The van der Waals surface area contributed by atoms with Crippen LogP contribution in [-0.2, 0) is 0 Å². The second-order valence-corrected chi connectivity index (χ2v) is 5.40. The van der Waals surface area contributed by atoms with Crippen molar-refractivity contribution in [3.63, 3.8) is 0 Å². The molecule has 2 unspecified atom stereocenters. The van der Waals surface area contributed by atoms with Crippen LogP contribution in [0.3, 0.4) is 0 Å². The van der Waals surface area contributed by atoms with Crippen molar-refractivity contribution in [2.45, 2.75) is 65.0 Å². The molecule has 2 atom stereocenters. The SMILES string of the molecule is CCC(CCC(C)N)c1ccc(OC(C)C)cc1. The highest BCUT2D eigenvalue weighted by Crippen LogP contribution is 2.27. The standard InChI is InChI=1S/C16H27NO/c1-5-14(7-6-13(4)17)15-8-10-16(11-9-15)18-12(2)3/h8-14H,5-7,17H2,1-4H3. The van der Waals surface area contributed by atoms with Crippen LogP contribution in [0.4, 0.5) is 0 Å². The fourth-order valence-corrected chi connectivity index (χ4v) is 2.16. The van der Waals surface area contributed by atoms with Gasteiger partial charge in [-0.3, -0.25) is 0 Å². The molecule has 0 spiro atoms. The maximum atomic E-state index is 5.83. The van der Waals surface area contributed by atoms with Crippen molar-refractivity contribution >= 4 is 0 Å². The molecule has 2 heteroatoms. The zero-order valence-electron chi connectivity index (χ0n) is 12.1. The topological polar surface area (TPSA) is 35.2 Å². The van der Waals surface area contributed by atoms with Gasteiger partial charge in [0, 0.05) is 6.04 Å². The van der Waals surface area contributed by atoms with Crippen molar-refractivity contribution in [1.82, 2.24) is 0 Å². The van der Waals surface area contributed by atoms with E-state index in [0.29, 0.717) is 12.0 Å². The lowest BCUT2D eigenvalue weighted by Gasteiger charge is -2.17. The summed E-state index contributed by atoms with van der Waals surface area (Å²) < 4.78 is 5.66. The van der Waals surface area contributed by atoms with Gasteiger partial charge >= 0.3 is 0 Å². The number of hydrogen-bond donors (Lipinski definition) is 1. The molecule has 2 nitrogen and oxygen atoms in total. The Bertz CT molecular complexity index is 329. The summed E-state index contributed by atoms with van der Waals surface area (Å²) in [6.07, 6.45) is 3.65. The Labute approximate surface area is 112 Å². The summed E-state index contributed by atoms with van der Waals surface area (Å²) >= 11 is 0. The van der Waals surface area contributed by atoms with Gasteiger partial charge in [0.25, 0.3) is 0 Å². The first-order valence-corrected chi connectivity index (χ1v) is 7.05. The predicted octanol–water partition coefficient (Wildman–Crippen LogP) is 4.09. The first kappa shape index (κ1) is 15.0. The van der Waals surface area contributed by atoms with E-state index in [1.54, 1.807) is 0 Å². The Morgan fingerprint density at radius 2 is 1.67 bits per heavy atom. The van der Waals surface area contributed by atoms with Crippen molar-refractivity contribution in [3.05, 3.63) is 29.8 Å². The van der Waals surface area contributed by atoms with Crippen LogP contribution in [0.2, 0.25) is 0 Å². The third kappa shape index (κ3) is 5.09. The van der Waals surface area contributed by atoms with E-state index in [-0.39, 0.29) is 6.10 Å². The molecule has 0 aliphatic rings. The van der Waals surface area contributed by atoms with Crippen LogP contribution in [0.1, 0.15) is 58.4 Å². The molecule has 2 N–H and O–H groups in total. The van der Waals surface area contributed by atoms with Crippen LogP contribution in [0, 0.1) is 0 Å². The smallest absolute Gasteiger partial charge is 0.119 e. The maximum absolute atomic E-state index is 5.83. The van der Waals surface area contributed by atoms with E-state index >= 15 is 0 Å². The molecular formula is C16H27NO. The Hall–Kier alpha value is -1.02. The van der Waals surface area contributed by atoms with Crippen LogP contribution in [0.15, 0.2) is 24.3 Å². The molecule has 1 aromatic carbocycles. The fourth-order valence-electron chi connectivity index (χ4n) is 2.16. The summed E-state index contributed by atoms with van der Waals surface area (Å²) in [7, 11) is 0. The van der Waals surface area contributed by atoms with E-state index in [0.717, 1.165) is 18.6 Å². The number of hydrogen-bond acceptors (Lipinski definition) is 2. The Morgan fingerprint density at radius 1 is 1.06 bits per heavy atom. The Balaban J connectivity index is 2.63. The van der Waals surface area contributed by atoms with Gasteiger partial charge in [0.2, 0.25) is 0 Å². The van der Waals surface area contributed by atoms with Gasteiger partial charge in [-0.25, -0.2) is 0 Å². The Kier molecular flexibility index (Phi) is 6.20. The lowest BCUT2D eigenvalue weighted by atomic mass is 9.90. The zero-order valence-corrected chi connectivity index (χ0v) is 12.1. The van der Waals surface area contributed by atoms with Gasteiger partial charge in [-0.05, 0) is 63.6 Å². The molecule has 0 aromatic heterocycles. The quantitative estimate of drug-likeness (QED) is 0.789. The van der Waals surface area contributed by atoms with E-state index in [1.807, 2.05) is 13.8 Å². The van der Waals surface area contributed by atoms with Gasteiger partial charge in [-0.1, -0.05) is 19.1 Å².